The van der Waals surface area contributed by atoms with Gasteiger partial charge in [0.15, 0.2) is 0 Å². The number of hydrogen-bond donors (Lipinski definition) is 1. The lowest BCUT2D eigenvalue weighted by molar-refractivity contribution is 0.0925. The maximum atomic E-state index is 12.5. The maximum absolute atomic E-state index is 12.5. The van der Waals surface area contributed by atoms with E-state index in [1.165, 1.54) is 24.1 Å². The van der Waals surface area contributed by atoms with Crippen LogP contribution in [0.25, 0.3) is 0 Å². The van der Waals surface area contributed by atoms with Crippen molar-refractivity contribution in [3.8, 4) is 0 Å². The van der Waals surface area contributed by atoms with Crippen molar-refractivity contribution in [1.29, 1.82) is 0 Å². The molecule has 0 saturated carbocycles. The Morgan fingerprint density at radius 1 is 1.17 bits per heavy atom. The zero-order valence-electron chi connectivity index (χ0n) is 13.6. The summed E-state index contributed by atoms with van der Waals surface area (Å²) in [7, 11) is 0. The molecule has 2 heterocycles. The number of carbonyl (C=O) groups excluding carboxylic acids is 1. The largest absolute Gasteiger partial charge is 0.350 e. The van der Waals surface area contributed by atoms with Crippen molar-refractivity contribution in [3.63, 3.8) is 0 Å². The normalized spacial score (nSPS) is 16.9. The van der Waals surface area contributed by atoms with Crippen LogP contribution in [0.1, 0.15) is 46.1 Å². The lowest BCUT2D eigenvalue weighted by atomic mass is 10.1. The van der Waals surface area contributed by atoms with Gasteiger partial charge in [-0.2, -0.15) is 0 Å². The molecule has 3 rings (SSSR count). The summed E-state index contributed by atoms with van der Waals surface area (Å²) in [6.45, 7) is 4.91. The van der Waals surface area contributed by atoms with Crippen LogP contribution in [0.5, 0.6) is 0 Å². The molecule has 122 valence electrons. The summed E-state index contributed by atoms with van der Waals surface area (Å²) in [6.07, 6.45) is 3.84. The van der Waals surface area contributed by atoms with E-state index in [1.807, 2.05) is 31.2 Å². The number of likely N-dealkylation sites (tertiary alicyclic amines) is 1. The fourth-order valence-electron chi connectivity index (χ4n) is 3.23. The average Bonchev–Trinajstić information content (AvgIpc) is 3.10. The number of nitrogens with one attached hydrogen (secondary N) is 1. The minimum atomic E-state index is 0.0293. The van der Waals surface area contributed by atoms with Gasteiger partial charge >= 0.3 is 0 Å². The fourth-order valence-corrected chi connectivity index (χ4v) is 4.09. The lowest BCUT2D eigenvalue weighted by Gasteiger charge is -2.34. The van der Waals surface area contributed by atoms with E-state index in [-0.39, 0.29) is 5.91 Å². The number of piperidine rings is 1. The molecule has 0 bridgehead atoms. The van der Waals surface area contributed by atoms with E-state index < -0.39 is 0 Å². The van der Waals surface area contributed by atoms with Crippen molar-refractivity contribution < 1.29 is 4.79 Å². The number of nitrogens with zero attached hydrogens (tertiary/aromatic N) is 1. The van der Waals surface area contributed by atoms with Crippen molar-refractivity contribution in [2.24, 2.45) is 0 Å². The van der Waals surface area contributed by atoms with Gasteiger partial charge in [0.25, 0.3) is 5.91 Å². The second-order valence-corrected chi connectivity index (χ2v) is 7.13. The highest BCUT2D eigenvalue weighted by Crippen LogP contribution is 2.27. The van der Waals surface area contributed by atoms with Gasteiger partial charge in [0.1, 0.15) is 0 Å². The molecule has 0 spiro atoms. The van der Waals surface area contributed by atoms with Crippen molar-refractivity contribution in [2.45, 2.75) is 32.2 Å². The Labute approximate surface area is 142 Å². The zero-order valence-corrected chi connectivity index (χ0v) is 14.4. The van der Waals surface area contributed by atoms with E-state index >= 15 is 0 Å². The molecule has 1 saturated heterocycles. The quantitative estimate of drug-likeness (QED) is 0.899. The van der Waals surface area contributed by atoms with Crippen LogP contribution in [0.4, 0.5) is 0 Å². The molecule has 4 heteroatoms. The number of rotatable bonds is 5. The van der Waals surface area contributed by atoms with E-state index in [1.54, 1.807) is 11.3 Å². The van der Waals surface area contributed by atoms with Crippen molar-refractivity contribution in [3.05, 3.63) is 57.8 Å². The Balaban J connectivity index is 1.69. The highest BCUT2D eigenvalue weighted by molar-refractivity contribution is 7.10. The molecule has 1 amide bonds. The fraction of sp³-hybridized carbons (Fsp3) is 0.421. The van der Waals surface area contributed by atoms with Crippen LogP contribution in [0.3, 0.4) is 0 Å². The first-order valence-electron chi connectivity index (χ1n) is 8.37. The van der Waals surface area contributed by atoms with Gasteiger partial charge < -0.3 is 5.32 Å². The molecule has 1 N–H and O–H groups in total. The SMILES string of the molecule is Cc1ccccc1C(=O)NC[C@@H](c1cccs1)N1CCCCC1. The third-order valence-electron chi connectivity index (χ3n) is 4.55. The summed E-state index contributed by atoms with van der Waals surface area (Å²) >= 11 is 1.78. The Bertz CT molecular complexity index is 633. The first kappa shape index (κ1) is 16.2. The van der Waals surface area contributed by atoms with Gasteiger partial charge in [0.05, 0.1) is 6.04 Å². The molecule has 1 aromatic heterocycles. The minimum Gasteiger partial charge on any atom is -0.350 e. The highest BCUT2D eigenvalue weighted by atomic mass is 32.1. The van der Waals surface area contributed by atoms with Gasteiger partial charge in [0, 0.05) is 17.0 Å². The molecule has 23 heavy (non-hydrogen) atoms. The molecular weight excluding hydrogens is 304 g/mol. The Morgan fingerprint density at radius 3 is 2.65 bits per heavy atom. The highest BCUT2D eigenvalue weighted by Gasteiger charge is 2.23. The first-order valence-corrected chi connectivity index (χ1v) is 9.25. The summed E-state index contributed by atoms with van der Waals surface area (Å²) in [5.41, 5.74) is 1.80. The molecule has 1 aromatic carbocycles. The smallest absolute Gasteiger partial charge is 0.251 e. The van der Waals surface area contributed by atoms with Crippen LogP contribution in [0.15, 0.2) is 41.8 Å². The van der Waals surface area contributed by atoms with Crippen LogP contribution < -0.4 is 5.32 Å². The molecule has 1 atom stereocenters. The van der Waals surface area contributed by atoms with Crippen LogP contribution in [0, 0.1) is 6.92 Å². The molecule has 2 aromatic rings. The molecular formula is C19H24N2OS. The number of benzene rings is 1. The van der Waals surface area contributed by atoms with Crippen LogP contribution in [-0.4, -0.2) is 30.4 Å². The van der Waals surface area contributed by atoms with Crippen molar-refractivity contribution >= 4 is 17.2 Å². The molecule has 0 unspecified atom stereocenters. The van der Waals surface area contributed by atoms with Gasteiger partial charge in [-0.05, 0) is 55.9 Å². The summed E-state index contributed by atoms with van der Waals surface area (Å²) in [5.74, 6) is 0.0293. The Hall–Kier alpha value is -1.65. The van der Waals surface area contributed by atoms with Gasteiger partial charge in [0.2, 0.25) is 0 Å². The maximum Gasteiger partial charge on any atom is 0.251 e. The van der Waals surface area contributed by atoms with Crippen molar-refractivity contribution in [1.82, 2.24) is 10.2 Å². The lowest BCUT2D eigenvalue weighted by Crippen LogP contribution is -2.40. The monoisotopic (exact) mass is 328 g/mol. The third-order valence-corrected chi connectivity index (χ3v) is 5.52. The summed E-state index contributed by atoms with van der Waals surface area (Å²) in [6, 6.07) is 12.3. The predicted molar refractivity (Wildman–Crippen MR) is 96.0 cm³/mol. The number of aryl methyl sites for hydroxylation is 1. The van der Waals surface area contributed by atoms with Gasteiger partial charge in [-0.15, -0.1) is 11.3 Å². The van der Waals surface area contributed by atoms with Gasteiger partial charge in [-0.25, -0.2) is 0 Å². The third kappa shape index (κ3) is 4.01. The Morgan fingerprint density at radius 2 is 1.96 bits per heavy atom. The standard InChI is InChI=1S/C19H24N2OS/c1-15-8-3-4-9-16(15)19(22)20-14-17(18-10-7-13-23-18)21-11-5-2-6-12-21/h3-4,7-10,13,17H,2,5-6,11-12,14H2,1H3,(H,20,22)/t17-/m0/s1. The van der Waals surface area contributed by atoms with Crippen molar-refractivity contribution in [2.75, 3.05) is 19.6 Å². The molecule has 0 aliphatic carbocycles. The van der Waals surface area contributed by atoms with Gasteiger partial charge in [-0.3, -0.25) is 9.69 Å². The minimum absolute atomic E-state index is 0.0293. The molecule has 1 aliphatic rings. The molecule has 1 aliphatic heterocycles. The van der Waals surface area contributed by atoms with E-state index in [4.69, 9.17) is 0 Å². The topological polar surface area (TPSA) is 32.3 Å². The van der Waals surface area contributed by atoms with Gasteiger partial charge in [-0.1, -0.05) is 30.7 Å². The molecule has 3 nitrogen and oxygen atoms in total. The Kier molecular flexibility index (Phi) is 5.47. The second-order valence-electron chi connectivity index (χ2n) is 6.15. The number of hydrogen-bond acceptors (Lipinski definition) is 3. The number of amides is 1. The predicted octanol–water partition coefficient (Wildman–Crippen LogP) is 4.01. The summed E-state index contributed by atoms with van der Waals surface area (Å²) in [5, 5.41) is 5.27. The average molecular weight is 328 g/mol. The summed E-state index contributed by atoms with van der Waals surface area (Å²) < 4.78 is 0. The number of thiophene rings is 1. The van der Waals surface area contributed by atoms with E-state index in [9.17, 15) is 4.79 Å². The first-order chi connectivity index (χ1) is 11.3. The van der Waals surface area contributed by atoms with E-state index in [2.05, 4.69) is 27.7 Å². The van der Waals surface area contributed by atoms with E-state index in [0.29, 0.717) is 12.6 Å². The zero-order chi connectivity index (χ0) is 16.1. The second kappa shape index (κ2) is 7.75. The summed E-state index contributed by atoms with van der Waals surface area (Å²) in [4.78, 5) is 16.4. The van der Waals surface area contributed by atoms with E-state index in [0.717, 1.165) is 24.2 Å². The van der Waals surface area contributed by atoms with Crippen LogP contribution >= 0.6 is 11.3 Å². The number of carbonyl (C=O) groups is 1. The molecule has 0 radical (unpaired) electrons. The van der Waals surface area contributed by atoms with Crippen LogP contribution in [0.2, 0.25) is 0 Å². The van der Waals surface area contributed by atoms with Crippen LogP contribution in [-0.2, 0) is 0 Å². The molecule has 1 fully saturated rings.